The van der Waals surface area contributed by atoms with Crippen molar-refractivity contribution in [2.75, 3.05) is 0 Å². The van der Waals surface area contributed by atoms with Gasteiger partial charge >= 0.3 is 0 Å². The van der Waals surface area contributed by atoms with Gasteiger partial charge in [0.1, 0.15) is 24.4 Å². The first-order valence-corrected chi connectivity index (χ1v) is 11.0. The number of aromatic hydroxyl groups is 1. The largest absolute Gasteiger partial charge is 0.506 e. The molecule has 0 aromatic carbocycles. The summed E-state index contributed by atoms with van der Waals surface area (Å²) in [6.45, 7) is 1.92. The summed E-state index contributed by atoms with van der Waals surface area (Å²) in [4.78, 5) is 5.21. The Kier molecular flexibility index (Phi) is 5.27. The first-order chi connectivity index (χ1) is 14.0. The van der Waals surface area contributed by atoms with Gasteiger partial charge in [-0.05, 0) is 39.0 Å². The van der Waals surface area contributed by atoms with E-state index in [1.807, 2.05) is 0 Å². The SMILES string of the molecule is Cc1ncc(CO)c(C[NH+]2[C@@]3(C#N)CCCC[C@@H]3C[C@H]3CCCC[C@]32C#N)c1O. The van der Waals surface area contributed by atoms with E-state index >= 15 is 0 Å². The molecule has 5 atom stereocenters. The van der Waals surface area contributed by atoms with Crippen molar-refractivity contribution < 1.29 is 15.1 Å². The Morgan fingerprint density at radius 2 is 1.69 bits per heavy atom. The van der Waals surface area contributed by atoms with E-state index in [4.69, 9.17) is 0 Å². The molecule has 6 heteroatoms. The van der Waals surface area contributed by atoms with Crippen molar-refractivity contribution in [2.45, 2.75) is 88.9 Å². The van der Waals surface area contributed by atoms with E-state index in [0.29, 0.717) is 35.2 Å². The average Bonchev–Trinajstić information content (AvgIpc) is 2.76. The van der Waals surface area contributed by atoms with Crippen molar-refractivity contribution in [2.24, 2.45) is 11.8 Å². The van der Waals surface area contributed by atoms with Crippen molar-refractivity contribution in [3.05, 3.63) is 23.0 Å². The fraction of sp³-hybridized carbons (Fsp3) is 0.696. The van der Waals surface area contributed by atoms with E-state index in [9.17, 15) is 20.7 Å². The maximum Gasteiger partial charge on any atom is 0.189 e. The number of aliphatic hydroxyl groups excluding tert-OH is 1. The molecule has 0 bridgehead atoms. The minimum absolute atomic E-state index is 0.0931. The van der Waals surface area contributed by atoms with Gasteiger partial charge in [-0.15, -0.1) is 0 Å². The summed E-state index contributed by atoms with van der Waals surface area (Å²) in [5.74, 6) is 0.683. The molecule has 6 nitrogen and oxygen atoms in total. The van der Waals surface area contributed by atoms with Crippen LogP contribution in [-0.4, -0.2) is 26.3 Å². The molecule has 3 aliphatic rings. The van der Waals surface area contributed by atoms with Gasteiger partial charge in [-0.2, -0.15) is 10.5 Å². The summed E-state index contributed by atoms with van der Waals surface area (Å²) in [6, 6.07) is 5.41. The summed E-state index contributed by atoms with van der Waals surface area (Å²) in [5, 5.41) is 41.6. The lowest BCUT2D eigenvalue weighted by atomic mass is 9.57. The highest BCUT2D eigenvalue weighted by atomic mass is 16.3. The van der Waals surface area contributed by atoms with E-state index in [1.54, 1.807) is 13.1 Å². The third-order valence-electron chi connectivity index (χ3n) is 8.14. The van der Waals surface area contributed by atoms with Crippen LogP contribution in [0, 0.1) is 41.4 Å². The van der Waals surface area contributed by atoms with Crippen molar-refractivity contribution in [3.63, 3.8) is 0 Å². The Hall–Kier alpha value is -2.15. The average molecular weight is 396 g/mol. The van der Waals surface area contributed by atoms with Crippen LogP contribution in [0.25, 0.3) is 0 Å². The zero-order valence-electron chi connectivity index (χ0n) is 17.2. The van der Waals surface area contributed by atoms with Crippen molar-refractivity contribution in [1.29, 1.82) is 10.5 Å². The van der Waals surface area contributed by atoms with Gasteiger partial charge in [0.15, 0.2) is 11.1 Å². The highest BCUT2D eigenvalue weighted by molar-refractivity contribution is 5.40. The van der Waals surface area contributed by atoms with E-state index in [-0.39, 0.29) is 12.4 Å². The lowest BCUT2D eigenvalue weighted by Gasteiger charge is -2.58. The second-order valence-electron chi connectivity index (χ2n) is 9.30. The van der Waals surface area contributed by atoms with Crippen LogP contribution in [0.15, 0.2) is 6.20 Å². The van der Waals surface area contributed by atoms with Crippen LogP contribution in [0.3, 0.4) is 0 Å². The number of piperidine rings is 1. The normalized spacial score (nSPS) is 36.3. The quantitative estimate of drug-likeness (QED) is 0.728. The molecule has 154 valence electrons. The third kappa shape index (κ3) is 2.93. The second-order valence-corrected chi connectivity index (χ2v) is 9.30. The molecule has 2 saturated carbocycles. The highest BCUT2D eigenvalue weighted by Gasteiger charge is 2.65. The Labute approximate surface area is 172 Å². The number of aromatic nitrogens is 1. The maximum absolute atomic E-state index is 10.8. The van der Waals surface area contributed by atoms with Gasteiger partial charge in [0.25, 0.3) is 0 Å². The molecule has 4 rings (SSSR count). The molecule has 3 fully saturated rings. The van der Waals surface area contributed by atoms with Crippen LogP contribution in [0.1, 0.15) is 74.6 Å². The summed E-state index contributed by atoms with van der Waals surface area (Å²) in [5.41, 5.74) is 0.559. The number of aryl methyl sites for hydroxylation is 1. The number of nitriles is 2. The van der Waals surface area contributed by atoms with Gasteiger partial charge in [0.05, 0.1) is 17.9 Å². The number of nitrogens with one attached hydrogen (secondary N) is 1. The zero-order valence-corrected chi connectivity index (χ0v) is 17.2. The van der Waals surface area contributed by atoms with E-state index in [2.05, 4.69) is 17.1 Å². The molecule has 0 amide bonds. The summed E-state index contributed by atoms with van der Waals surface area (Å²) in [6.07, 6.45) is 10.6. The molecular weight excluding hydrogens is 364 g/mol. The van der Waals surface area contributed by atoms with Crippen LogP contribution in [0.5, 0.6) is 5.75 Å². The Bertz CT molecular complexity index is 833. The first kappa shape index (κ1) is 20.1. The van der Waals surface area contributed by atoms with Crippen molar-refractivity contribution >= 4 is 0 Å². The Morgan fingerprint density at radius 3 is 2.21 bits per heavy atom. The monoisotopic (exact) mass is 395 g/mol. The zero-order chi connectivity index (χ0) is 20.6. The van der Waals surface area contributed by atoms with Gasteiger partial charge < -0.3 is 10.2 Å². The standard InChI is InChI=1S/C23H30N4O2/c1-16-21(29)20(17(13-28)11-26-16)12-27-22(14-24)8-4-2-6-18(22)10-19-7-3-5-9-23(19,27)15-25/h11,18-19,28-29H,2-10,12-13H2,1H3/p+1/t18-,19-,22-,23+/m1/s1. The topological polar surface area (TPSA) is 105 Å². The second kappa shape index (κ2) is 7.59. The molecule has 0 radical (unpaired) electrons. The maximum atomic E-state index is 10.8. The Balaban J connectivity index is 1.87. The predicted molar refractivity (Wildman–Crippen MR) is 106 cm³/mol. The molecule has 1 saturated heterocycles. The molecule has 1 unspecified atom stereocenters. The van der Waals surface area contributed by atoms with Gasteiger partial charge in [-0.1, -0.05) is 12.8 Å². The Morgan fingerprint density at radius 1 is 1.10 bits per heavy atom. The van der Waals surface area contributed by atoms with E-state index < -0.39 is 11.1 Å². The minimum Gasteiger partial charge on any atom is -0.506 e. The smallest absolute Gasteiger partial charge is 0.189 e. The lowest BCUT2D eigenvalue weighted by Crippen LogP contribution is -3.28. The van der Waals surface area contributed by atoms with Crippen LogP contribution >= 0.6 is 0 Å². The van der Waals surface area contributed by atoms with Crippen molar-refractivity contribution in [3.8, 4) is 17.9 Å². The number of hydrogen-bond acceptors (Lipinski definition) is 5. The molecule has 1 aromatic rings. The first-order valence-electron chi connectivity index (χ1n) is 11.0. The van der Waals surface area contributed by atoms with E-state index in [0.717, 1.165) is 62.7 Å². The van der Waals surface area contributed by atoms with Crippen LogP contribution in [-0.2, 0) is 13.2 Å². The third-order valence-corrected chi connectivity index (χ3v) is 8.14. The van der Waals surface area contributed by atoms with Gasteiger partial charge in [-0.3, -0.25) is 9.88 Å². The summed E-state index contributed by atoms with van der Waals surface area (Å²) >= 11 is 0. The number of aliphatic hydroxyl groups is 1. The number of hydrogen-bond donors (Lipinski definition) is 3. The number of rotatable bonds is 3. The van der Waals surface area contributed by atoms with Gasteiger partial charge in [-0.25, -0.2) is 0 Å². The molecule has 2 aliphatic carbocycles. The molecule has 0 spiro atoms. The molecule has 1 aromatic heterocycles. The number of likely N-dealkylation sites (tertiary alicyclic amines) is 1. The molecule has 2 heterocycles. The fourth-order valence-electron chi connectivity index (χ4n) is 6.60. The number of quaternary nitrogens is 1. The van der Waals surface area contributed by atoms with Crippen molar-refractivity contribution in [1.82, 2.24) is 4.98 Å². The minimum atomic E-state index is -0.599. The number of nitrogens with zero attached hydrogens (tertiary/aromatic N) is 3. The van der Waals surface area contributed by atoms with Gasteiger partial charge in [0.2, 0.25) is 0 Å². The van der Waals surface area contributed by atoms with Crippen LogP contribution < -0.4 is 4.90 Å². The molecule has 1 aliphatic heterocycles. The molecule has 3 N–H and O–H groups in total. The van der Waals surface area contributed by atoms with Crippen LogP contribution in [0.2, 0.25) is 0 Å². The highest BCUT2D eigenvalue weighted by Crippen LogP contribution is 2.47. The summed E-state index contributed by atoms with van der Waals surface area (Å²) < 4.78 is 0. The predicted octanol–water partition coefficient (Wildman–Crippen LogP) is 2.28. The fourth-order valence-corrected chi connectivity index (χ4v) is 6.60. The van der Waals surface area contributed by atoms with E-state index in [1.165, 1.54) is 0 Å². The molecule has 29 heavy (non-hydrogen) atoms. The summed E-state index contributed by atoms with van der Waals surface area (Å²) in [7, 11) is 0. The van der Waals surface area contributed by atoms with Gasteiger partial charge in [0, 0.05) is 36.4 Å². The lowest BCUT2D eigenvalue weighted by molar-refractivity contribution is -1.01. The van der Waals surface area contributed by atoms with Crippen LogP contribution in [0.4, 0.5) is 0 Å². The number of pyridine rings is 1. The number of fused-ring (bicyclic) bond motifs is 2. The molecular formula is C23H31N4O2+.